The van der Waals surface area contributed by atoms with Crippen LogP contribution in [0.25, 0.3) is 0 Å². The number of aryl methyl sites for hydroxylation is 1. The quantitative estimate of drug-likeness (QED) is 0.804. The van der Waals surface area contributed by atoms with Gasteiger partial charge in [-0.1, -0.05) is 35.5 Å². The molecule has 130 valence electrons. The molecule has 1 unspecified atom stereocenters. The standard InChI is InChI=1S/C19H19ClN2O2S/c1-4-22-15-7-5-6-8-16(15)25-19(3,18(22)24)17(23)21-14-10-9-13(20)11-12(14)2/h5-11H,4H2,1-3H3,(H,21,23). The van der Waals surface area contributed by atoms with Gasteiger partial charge >= 0.3 is 0 Å². The Morgan fingerprint density at radius 3 is 2.68 bits per heavy atom. The number of amides is 2. The highest BCUT2D eigenvalue weighted by Crippen LogP contribution is 2.45. The minimum atomic E-state index is -1.23. The van der Waals surface area contributed by atoms with Crippen molar-refractivity contribution in [2.45, 2.75) is 30.4 Å². The van der Waals surface area contributed by atoms with E-state index < -0.39 is 4.75 Å². The first-order valence-electron chi connectivity index (χ1n) is 8.04. The fourth-order valence-corrected chi connectivity index (χ4v) is 4.30. The molecule has 2 aromatic carbocycles. The minimum absolute atomic E-state index is 0.206. The van der Waals surface area contributed by atoms with Gasteiger partial charge < -0.3 is 10.2 Å². The van der Waals surface area contributed by atoms with E-state index in [1.807, 2.05) is 38.1 Å². The summed E-state index contributed by atoms with van der Waals surface area (Å²) in [5, 5.41) is 3.49. The molecule has 1 aliphatic heterocycles. The predicted octanol–water partition coefficient (Wildman–Crippen LogP) is 4.50. The molecule has 0 saturated carbocycles. The Balaban J connectivity index is 1.95. The summed E-state index contributed by atoms with van der Waals surface area (Å²) < 4.78 is -1.23. The van der Waals surface area contributed by atoms with Crippen molar-refractivity contribution in [3.05, 3.63) is 53.1 Å². The van der Waals surface area contributed by atoms with Crippen molar-refractivity contribution in [3.8, 4) is 0 Å². The molecule has 0 spiro atoms. The lowest BCUT2D eigenvalue weighted by Gasteiger charge is -2.38. The van der Waals surface area contributed by atoms with Gasteiger partial charge in [0.05, 0.1) is 5.69 Å². The number of halogens is 1. The maximum atomic E-state index is 13.0. The molecular formula is C19H19ClN2O2S. The van der Waals surface area contributed by atoms with Crippen molar-refractivity contribution in [3.63, 3.8) is 0 Å². The van der Waals surface area contributed by atoms with Gasteiger partial charge in [0.25, 0.3) is 5.91 Å². The van der Waals surface area contributed by atoms with E-state index in [9.17, 15) is 9.59 Å². The summed E-state index contributed by atoms with van der Waals surface area (Å²) in [6.45, 7) is 5.97. The van der Waals surface area contributed by atoms with E-state index in [-0.39, 0.29) is 11.8 Å². The van der Waals surface area contributed by atoms with E-state index in [0.29, 0.717) is 17.3 Å². The van der Waals surface area contributed by atoms with Crippen LogP contribution in [0.15, 0.2) is 47.4 Å². The normalized spacial score (nSPS) is 19.5. The molecule has 1 aliphatic rings. The lowest BCUT2D eigenvalue weighted by molar-refractivity contribution is -0.128. The molecule has 2 amide bonds. The van der Waals surface area contributed by atoms with Crippen LogP contribution in [0.2, 0.25) is 5.02 Å². The Bertz CT molecular complexity index is 855. The monoisotopic (exact) mass is 374 g/mol. The zero-order valence-electron chi connectivity index (χ0n) is 14.3. The molecule has 6 heteroatoms. The number of nitrogens with one attached hydrogen (secondary N) is 1. The summed E-state index contributed by atoms with van der Waals surface area (Å²) in [6.07, 6.45) is 0. The van der Waals surface area contributed by atoms with Crippen molar-refractivity contribution in [2.24, 2.45) is 0 Å². The second-order valence-electron chi connectivity index (χ2n) is 6.07. The average Bonchev–Trinajstić information content (AvgIpc) is 2.58. The third kappa shape index (κ3) is 3.14. The number of thioether (sulfide) groups is 1. The third-order valence-electron chi connectivity index (χ3n) is 4.31. The summed E-state index contributed by atoms with van der Waals surface area (Å²) in [4.78, 5) is 28.6. The van der Waals surface area contributed by atoms with Crippen LogP contribution >= 0.6 is 23.4 Å². The van der Waals surface area contributed by atoms with E-state index in [1.165, 1.54) is 11.8 Å². The number of carbonyl (C=O) groups excluding carboxylic acids is 2. The van der Waals surface area contributed by atoms with Gasteiger partial charge in [-0.2, -0.15) is 0 Å². The molecule has 0 saturated heterocycles. The number of para-hydroxylation sites is 1. The van der Waals surface area contributed by atoms with Gasteiger partial charge in [0, 0.05) is 22.2 Å². The molecule has 1 atom stereocenters. The molecule has 0 radical (unpaired) electrons. The molecule has 25 heavy (non-hydrogen) atoms. The molecule has 2 aromatic rings. The second-order valence-corrected chi connectivity index (χ2v) is 7.96. The van der Waals surface area contributed by atoms with E-state index in [4.69, 9.17) is 11.6 Å². The Labute approximate surface area is 156 Å². The summed E-state index contributed by atoms with van der Waals surface area (Å²) in [5.74, 6) is -0.538. The van der Waals surface area contributed by atoms with Crippen LogP contribution in [0.5, 0.6) is 0 Å². The van der Waals surface area contributed by atoms with Gasteiger partial charge in [-0.05, 0) is 56.7 Å². The number of carbonyl (C=O) groups is 2. The Kier molecular flexibility index (Phi) is 4.80. The van der Waals surface area contributed by atoms with Gasteiger partial charge in [0.2, 0.25) is 5.91 Å². The number of fused-ring (bicyclic) bond motifs is 1. The molecule has 0 fully saturated rings. The largest absolute Gasteiger partial charge is 0.324 e. The lowest BCUT2D eigenvalue weighted by Crippen LogP contribution is -2.54. The first-order valence-corrected chi connectivity index (χ1v) is 9.24. The Morgan fingerprint density at radius 1 is 1.28 bits per heavy atom. The van der Waals surface area contributed by atoms with Gasteiger partial charge in [0.15, 0.2) is 4.75 Å². The van der Waals surface area contributed by atoms with Crippen LogP contribution < -0.4 is 10.2 Å². The highest BCUT2D eigenvalue weighted by molar-refractivity contribution is 8.02. The molecule has 0 aliphatic carbocycles. The lowest BCUT2D eigenvalue weighted by atomic mass is 10.1. The first kappa shape index (κ1) is 17.8. The second kappa shape index (κ2) is 6.73. The van der Waals surface area contributed by atoms with Crippen LogP contribution in [0, 0.1) is 6.92 Å². The van der Waals surface area contributed by atoms with Crippen molar-refractivity contribution in [1.82, 2.24) is 0 Å². The summed E-state index contributed by atoms with van der Waals surface area (Å²) in [5.41, 5.74) is 2.37. The van der Waals surface area contributed by atoms with Crippen LogP contribution in [0.4, 0.5) is 11.4 Å². The van der Waals surface area contributed by atoms with Crippen LogP contribution in [-0.2, 0) is 9.59 Å². The minimum Gasteiger partial charge on any atom is -0.324 e. The third-order valence-corrected chi connectivity index (χ3v) is 5.88. The molecular weight excluding hydrogens is 356 g/mol. The highest BCUT2D eigenvalue weighted by atomic mass is 35.5. The van der Waals surface area contributed by atoms with Gasteiger partial charge in [-0.25, -0.2) is 0 Å². The Morgan fingerprint density at radius 2 is 2.00 bits per heavy atom. The van der Waals surface area contributed by atoms with Gasteiger partial charge in [0.1, 0.15) is 0 Å². The molecule has 3 rings (SSSR count). The van der Waals surface area contributed by atoms with Crippen molar-refractivity contribution in [2.75, 3.05) is 16.8 Å². The van der Waals surface area contributed by atoms with Gasteiger partial charge in [-0.15, -0.1) is 0 Å². The summed E-state index contributed by atoms with van der Waals surface area (Å²) >= 11 is 7.26. The maximum absolute atomic E-state index is 13.0. The maximum Gasteiger partial charge on any atom is 0.252 e. The summed E-state index contributed by atoms with van der Waals surface area (Å²) in [6, 6.07) is 12.9. The van der Waals surface area contributed by atoms with Crippen molar-refractivity contribution >= 4 is 46.6 Å². The number of hydrogen-bond donors (Lipinski definition) is 1. The SMILES string of the molecule is CCN1C(=O)C(C)(C(=O)Nc2ccc(Cl)cc2C)Sc2ccccc21. The van der Waals surface area contributed by atoms with Gasteiger partial charge in [-0.3, -0.25) is 9.59 Å². The first-order chi connectivity index (χ1) is 11.9. The molecule has 0 aromatic heterocycles. The van der Waals surface area contributed by atoms with Crippen molar-refractivity contribution in [1.29, 1.82) is 0 Å². The molecule has 1 N–H and O–H groups in total. The molecule has 0 bridgehead atoms. The molecule has 4 nitrogen and oxygen atoms in total. The number of rotatable bonds is 3. The zero-order valence-corrected chi connectivity index (χ0v) is 15.9. The van der Waals surface area contributed by atoms with Crippen LogP contribution in [0.3, 0.4) is 0 Å². The highest BCUT2D eigenvalue weighted by Gasteiger charge is 2.48. The summed E-state index contributed by atoms with van der Waals surface area (Å²) in [7, 11) is 0. The van der Waals surface area contributed by atoms with E-state index >= 15 is 0 Å². The van der Waals surface area contributed by atoms with E-state index in [2.05, 4.69) is 5.32 Å². The number of benzene rings is 2. The van der Waals surface area contributed by atoms with E-state index in [0.717, 1.165) is 16.1 Å². The fraction of sp³-hybridized carbons (Fsp3) is 0.263. The zero-order chi connectivity index (χ0) is 18.2. The number of hydrogen-bond acceptors (Lipinski definition) is 3. The average molecular weight is 375 g/mol. The number of anilines is 2. The smallest absolute Gasteiger partial charge is 0.252 e. The van der Waals surface area contributed by atoms with Crippen molar-refractivity contribution < 1.29 is 9.59 Å². The molecule has 1 heterocycles. The van der Waals surface area contributed by atoms with Crippen LogP contribution in [0.1, 0.15) is 19.4 Å². The fourth-order valence-electron chi connectivity index (χ4n) is 2.86. The number of nitrogens with zero attached hydrogens (tertiary/aromatic N) is 1. The Hall–Kier alpha value is -1.98. The topological polar surface area (TPSA) is 49.4 Å². The van der Waals surface area contributed by atoms with E-state index in [1.54, 1.807) is 30.0 Å². The predicted molar refractivity (Wildman–Crippen MR) is 104 cm³/mol. The van der Waals surface area contributed by atoms with Crippen LogP contribution in [-0.4, -0.2) is 23.1 Å².